The van der Waals surface area contributed by atoms with Crippen molar-refractivity contribution in [3.05, 3.63) is 42.5 Å². The molecule has 0 saturated heterocycles. The molecule has 0 bridgehead atoms. The van der Waals surface area contributed by atoms with E-state index in [0.717, 1.165) is 26.1 Å². The van der Waals surface area contributed by atoms with Gasteiger partial charge in [0.2, 0.25) is 0 Å². The minimum atomic E-state index is -1.26. The topological polar surface area (TPSA) is 74.6 Å². The van der Waals surface area contributed by atoms with Gasteiger partial charge in [0, 0.05) is 12.2 Å². The first-order valence-electron chi connectivity index (χ1n) is 4.03. The summed E-state index contributed by atoms with van der Waals surface area (Å²) in [7, 11) is 0. The van der Waals surface area contributed by atoms with Crippen molar-refractivity contribution < 1.29 is 45.9 Å². The molecule has 0 aliphatic heterocycles. The van der Waals surface area contributed by atoms with Crippen LogP contribution in [0.3, 0.4) is 0 Å². The molecule has 0 atom stereocenters. The third kappa shape index (κ3) is 10.8. The zero-order valence-corrected chi connectivity index (χ0v) is 13.5. The van der Waals surface area contributed by atoms with Gasteiger partial charge >= 0.3 is 71.5 Å². The summed E-state index contributed by atoms with van der Waals surface area (Å²) in [5, 5.41) is 15.6. The fourth-order valence-corrected chi connectivity index (χ4v) is 1.68. The molecule has 0 heterocycles. The maximum absolute atomic E-state index is 9.55. The van der Waals surface area contributed by atoms with Gasteiger partial charge in [-0.15, -0.1) is 0 Å². The molecule has 0 fully saturated rings. The summed E-state index contributed by atoms with van der Waals surface area (Å²) in [6.07, 6.45) is 1.12. The van der Waals surface area contributed by atoms with Crippen LogP contribution in [0.15, 0.2) is 42.5 Å². The fourth-order valence-electron chi connectivity index (χ4n) is 0.621. The van der Waals surface area contributed by atoms with Crippen molar-refractivity contribution in [2.24, 2.45) is 0 Å². The van der Waals surface area contributed by atoms with Gasteiger partial charge in [-0.25, -0.2) is 9.59 Å². The molecule has 0 spiro atoms. The Morgan fingerprint density at radius 3 is 1.60 bits per heavy atom. The maximum atomic E-state index is 9.55. The van der Waals surface area contributed by atoms with Gasteiger partial charge in [0.1, 0.15) is 0 Å². The summed E-state index contributed by atoms with van der Waals surface area (Å²) in [5.74, 6) is -2.51. The molecule has 0 saturated carbocycles. The van der Waals surface area contributed by atoms with E-state index in [1.807, 2.05) is 0 Å². The Balaban J connectivity index is 0.000000262. The molecule has 0 aliphatic rings. The molecule has 0 radical (unpaired) electrons. The molecule has 2 N–H and O–H groups in total. The second-order valence-electron chi connectivity index (χ2n) is 2.50. The van der Waals surface area contributed by atoms with Gasteiger partial charge in [-0.1, -0.05) is 0 Å². The summed E-state index contributed by atoms with van der Waals surface area (Å²) in [6.45, 7) is 0. The molecular weight excluding hydrogens is 385 g/mol. The predicted octanol–water partition coefficient (Wildman–Crippen LogP) is 0.570. The first-order valence-corrected chi connectivity index (χ1v) is 6.78. The van der Waals surface area contributed by atoms with Gasteiger partial charge in [0.05, 0.1) is 0 Å². The number of aliphatic carboxylic acids is 2. The number of hydrogen-bond acceptors (Lipinski definition) is 2. The average Bonchev–Trinajstić information content (AvgIpc) is 2.17. The third-order valence-corrected chi connectivity index (χ3v) is 3.04. The van der Waals surface area contributed by atoms with Gasteiger partial charge in [-0.3, -0.25) is 0 Å². The Kier molecular flexibility index (Phi) is 7.53. The van der Waals surface area contributed by atoms with Gasteiger partial charge in [0.25, 0.3) is 0 Å². The van der Waals surface area contributed by atoms with Crippen molar-refractivity contribution in [1.29, 1.82) is 0 Å². The first-order chi connectivity index (χ1) is 7.02. The van der Waals surface area contributed by atoms with Gasteiger partial charge in [-0.05, 0) is 0 Å². The van der Waals surface area contributed by atoms with Crippen LogP contribution in [-0.4, -0.2) is 22.2 Å². The predicted molar refractivity (Wildman–Crippen MR) is 50.5 cm³/mol. The molecule has 4 nitrogen and oxygen atoms in total. The molecular formula is C10H9HgO4. The van der Waals surface area contributed by atoms with Crippen LogP contribution < -0.4 is 3.07 Å². The van der Waals surface area contributed by atoms with Crippen LogP contribution in [0.4, 0.5) is 0 Å². The Bertz CT molecular complexity index is 330. The van der Waals surface area contributed by atoms with Crippen LogP contribution in [0.5, 0.6) is 0 Å². The van der Waals surface area contributed by atoms with Crippen LogP contribution in [0, 0.1) is 0 Å². The quantitative estimate of drug-likeness (QED) is 0.569. The fraction of sp³-hybridized carbons (Fsp3) is 0. The number of hydrogen-bond donors (Lipinski definition) is 2. The van der Waals surface area contributed by atoms with Crippen LogP contribution in [0.2, 0.25) is 0 Å². The van der Waals surface area contributed by atoms with Crippen LogP contribution in [0.25, 0.3) is 0 Å². The Hall–Kier alpha value is -1.16. The van der Waals surface area contributed by atoms with Crippen LogP contribution in [-0.2, 0) is 35.7 Å². The van der Waals surface area contributed by atoms with E-state index in [0.29, 0.717) is 12.2 Å². The van der Waals surface area contributed by atoms with Gasteiger partial charge < -0.3 is 10.2 Å². The first kappa shape index (κ1) is 13.8. The van der Waals surface area contributed by atoms with E-state index in [9.17, 15) is 9.59 Å². The zero-order chi connectivity index (χ0) is 11.7. The van der Waals surface area contributed by atoms with E-state index in [2.05, 4.69) is 30.3 Å². The van der Waals surface area contributed by atoms with Crippen molar-refractivity contribution >= 4 is 15.0 Å². The summed E-state index contributed by atoms with van der Waals surface area (Å²) in [5.41, 5.74) is 0. The second kappa shape index (κ2) is 8.17. The van der Waals surface area contributed by atoms with E-state index in [4.69, 9.17) is 10.2 Å². The number of carboxylic acids is 2. The van der Waals surface area contributed by atoms with Crippen molar-refractivity contribution in [2.75, 3.05) is 0 Å². The van der Waals surface area contributed by atoms with E-state index >= 15 is 0 Å². The monoisotopic (exact) mass is 395 g/mol. The molecule has 0 unspecified atom stereocenters. The zero-order valence-electron chi connectivity index (χ0n) is 7.96. The minimum absolute atomic E-state index is 0.558. The SMILES string of the molecule is O=C(O)C=CC(=O)O.[Hg][c]1ccccc1. The van der Waals surface area contributed by atoms with Crippen LogP contribution in [0.1, 0.15) is 0 Å². The molecule has 75 valence electrons. The summed E-state index contributed by atoms with van der Waals surface area (Å²) in [4.78, 5) is 19.1. The molecule has 0 aliphatic carbocycles. The molecule has 1 aromatic rings. The molecule has 0 amide bonds. The average molecular weight is 394 g/mol. The van der Waals surface area contributed by atoms with E-state index in [1.165, 1.54) is 3.07 Å². The van der Waals surface area contributed by atoms with Crippen molar-refractivity contribution in [3.8, 4) is 0 Å². The standard InChI is InChI=1S/C6H5.C4H4O4.Hg/c1-2-4-6-5-3-1;5-3(6)1-2-4(7)8;/h1-5H;1-2H,(H,5,6)(H,7,8);. The van der Waals surface area contributed by atoms with Crippen LogP contribution >= 0.6 is 0 Å². The van der Waals surface area contributed by atoms with E-state index in [-0.39, 0.29) is 0 Å². The molecule has 1 aromatic carbocycles. The number of carbonyl (C=O) groups is 2. The molecule has 1 rings (SSSR count). The number of rotatable bonds is 2. The molecule has 5 heteroatoms. The Morgan fingerprint density at radius 1 is 1.00 bits per heavy atom. The summed E-state index contributed by atoms with van der Waals surface area (Å²) in [6, 6.07) is 10.6. The van der Waals surface area contributed by atoms with Crippen molar-refractivity contribution in [1.82, 2.24) is 0 Å². The van der Waals surface area contributed by atoms with Gasteiger partial charge in [-0.2, -0.15) is 0 Å². The van der Waals surface area contributed by atoms with Gasteiger partial charge in [0.15, 0.2) is 0 Å². The third-order valence-electron chi connectivity index (χ3n) is 1.21. The number of benzene rings is 1. The summed E-state index contributed by atoms with van der Waals surface area (Å²) >= 11 is 0.810. The van der Waals surface area contributed by atoms with Crippen molar-refractivity contribution in [3.63, 3.8) is 0 Å². The Morgan fingerprint density at radius 2 is 1.40 bits per heavy atom. The number of carboxylic acid groups (broad SMARTS) is 2. The second-order valence-corrected chi connectivity index (χ2v) is 5.67. The van der Waals surface area contributed by atoms with E-state index in [1.54, 1.807) is 0 Å². The van der Waals surface area contributed by atoms with Crippen molar-refractivity contribution in [2.45, 2.75) is 0 Å². The summed E-state index contributed by atoms with van der Waals surface area (Å²) < 4.78 is 1.52. The normalized spacial score (nSPS) is 9.20. The Labute approximate surface area is 103 Å². The molecule has 15 heavy (non-hydrogen) atoms. The van der Waals surface area contributed by atoms with E-state index < -0.39 is 11.9 Å². The molecule has 0 aromatic heterocycles.